The second kappa shape index (κ2) is 8.51. The summed E-state index contributed by atoms with van der Waals surface area (Å²) in [6, 6.07) is 7.85. The highest BCUT2D eigenvalue weighted by molar-refractivity contribution is 7.19. The summed E-state index contributed by atoms with van der Waals surface area (Å²) in [7, 11) is 0. The van der Waals surface area contributed by atoms with Crippen LogP contribution in [0.2, 0.25) is 0 Å². The molecule has 0 atom stereocenters. The Bertz CT molecular complexity index is 697. The van der Waals surface area contributed by atoms with E-state index in [1.807, 2.05) is 52.0 Å². The van der Waals surface area contributed by atoms with Crippen molar-refractivity contribution in [3.05, 3.63) is 29.3 Å². The Morgan fingerprint density at radius 2 is 1.76 bits per heavy atom. The molecule has 0 radical (unpaired) electrons. The fourth-order valence-electron chi connectivity index (χ4n) is 1.80. The Labute approximate surface area is 128 Å². The summed E-state index contributed by atoms with van der Waals surface area (Å²) in [5.41, 5.74) is 7.49. The molecule has 3 rings (SSSR count). The summed E-state index contributed by atoms with van der Waals surface area (Å²) in [5.74, 6) is 5.50. The van der Waals surface area contributed by atoms with Crippen LogP contribution in [0.3, 0.4) is 0 Å². The molecule has 0 aliphatic carbocycles. The number of anilines is 1. The van der Waals surface area contributed by atoms with E-state index < -0.39 is 0 Å². The molecule has 2 heterocycles. The van der Waals surface area contributed by atoms with Gasteiger partial charge in [0.2, 0.25) is 0 Å². The van der Waals surface area contributed by atoms with Crippen LogP contribution in [-0.2, 0) is 11.4 Å². The number of fused-ring (bicyclic) bond motifs is 3. The summed E-state index contributed by atoms with van der Waals surface area (Å²) >= 11 is 1.53. The number of hydrogen-bond acceptors (Lipinski definition) is 6. The molecule has 0 aliphatic rings. The first-order valence-corrected chi connectivity index (χ1v) is 7.86. The molecule has 0 amide bonds. The number of thiazole rings is 1. The van der Waals surface area contributed by atoms with Gasteiger partial charge in [-0.3, -0.25) is 4.84 Å². The van der Waals surface area contributed by atoms with Crippen LogP contribution in [0.25, 0.3) is 21.1 Å². The fraction of sp³-hybridized carbons (Fsp3) is 0.333. The van der Waals surface area contributed by atoms with Crippen molar-refractivity contribution in [1.29, 1.82) is 0 Å². The molecule has 21 heavy (non-hydrogen) atoms. The molecular weight excluding hydrogens is 284 g/mol. The number of nitrogen functional groups attached to an aromatic ring is 1. The van der Waals surface area contributed by atoms with Crippen molar-refractivity contribution in [3.8, 4) is 0 Å². The molecule has 0 saturated carbocycles. The molecule has 3 aromatic rings. The maximum Gasteiger partial charge on any atom is 0.151 e. The third-order valence-corrected chi connectivity index (χ3v) is 3.57. The van der Waals surface area contributed by atoms with E-state index in [1.165, 1.54) is 11.3 Å². The van der Waals surface area contributed by atoms with Crippen LogP contribution < -0.4 is 11.6 Å². The van der Waals surface area contributed by atoms with Gasteiger partial charge in [-0.25, -0.2) is 15.9 Å². The van der Waals surface area contributed by atoms with Crippen molar-refractivity contribution in [1.82, 2.24) is 9.97 Å². The number of pyridine rings is 1. The minimum Gasteiger partial charge on any atom is -0.382 e. The van der Waals surface area contributed by atoms with E-state index in [1.54, 1.807) is 0 Å². The van der Waals surface area contributed by atoms with Crippen molar-refractivity contribution < 1.29 is 4.84 Å². The van der Waals surface area contributed by atoms with Crippen LogP contribution in [-0.4, -0.2) is 9.97 Å². The average Bonchev–Trinajstić information content (AvgIpc) is 2.97. The molecule has 5 nitrogen and oxygen atoms in total. The largest absolute Gasteiger partial charge is 0.382 e. The number of para-hydroxylation sites is 1. The van der Waals surface area contributed by atoms with E-state index in [-0.39, 0.29) is 6.61 Å². The maximum atomic E-state index is 5.89. The van der Waals surface area contributed by atoms with Crippen LogP contribution in [0.1, 0.15) is 32.7 Å². The third kappa shape index (κ3) is 3.66. The molecular formula is C15H22N4OS. The van der Waals surface area contributed by atoms with Crippen molar-refractivity contribution >= 4 is 38.3 Å². The van der Waals surface area contributed by atoms with E-state index >= 15 is 0 Å². The normalized spacial score (nSPS) is 9.76. The van der Waals surface area contributed by atoms with E-state index in [9.17, 15) is 0 Å². The van der Waals surface area contributed by atoms with E-state index in [2.05, 4.69) is 14.8 Å². The van der Waals surface area contributed by atoms with Gasteiger partial charge in [0.15, 0.2) is 5.82 Å². The SMILES string of the molecule is CC.CC.NOCc1nc2c(N)nc3ccccc3c2s1. The molecule has 0 bridgehead atoms. The van der Waals surface area contributed by atoms with Gasteiger partial charge in [0.05, 0.1) is 10.2 Å². The molecule has 2 aromatic heterocycles. The van der Waals surface area contributed by atoms with Gasteiger partial charge >= 0.3 is 0 Å². The van der Waals surface area contributed by atoms with Crippen LogP contribution >= 0.6 is 11.3 Å². The smallest absolute Gasteiger partial charge is 0.151 e. The van der Waals surface area contributed by atoms with E-state index in [0.29, 0.717) is 5.82 Å². The number of benzene rings is 1. The Balaban J connectivity index is 0.000000510. The fourth-order valence-corrected chi connectivity index (χ4v) is 2.83. The first-order chi connectivity index (χ1) is 10.3. The number of aromatic nitrogens is 2. The standard InChI is InChI=1S/C11H10N4OS.2C2H6/c12-11-9-10(17-8(15-9)5-16-13)6-3-1-2-4-7(6)14-11;2*1-2/h1-4H,5,13H2,(H2,12,14);2*1-2H3. The Morgan fingerprint density at radius 1 is 1.10 bits per heavy atom. The molecule has 0 unspecified atom stereocenters. The summed E-state index contributed by atoms with van der Waals surface area (Å²) in [4.78, 5) is 13.3. The predicted octanol–water partition coefficient (Wildman–Crippen LogP) is 3.87. The van der Waals surface area contributed by atoms with Crippen molar-refractivity contribution in [2.75, 3.05) is 5.73 Å². The lowest BCUT2D eigenvalue weighted by Crippen LogP contribution is -1.98. The van der Waals surface area contributed by atoms with E-state index in [4.69, 9.17) is 11.6 Å². The van der Waals surface area contributed by atoms with Crippen molar-refractivity contribution in [2.24, 2.45) is 5.90 Å². The highest BCUT2D eigenvalue weighted by Gasteiger charge is 2.11. The molecule has 1 aromatic carbocycles. The maximum absolute atomic E-state index is 5.89. The van der Waals surface area contributed by atoms with Crippen LogP contribution in [0.4, 0.5) is 5.82 Å². The zero-order valence-electron chi connectivity index (χ0n) is 12.9. The Hall–Kier alpha value is -1.76. The van der Waals surface area contributed by atoms with Gasteiger partial charge < -0.3 is 5.73 Å². The lowest BCUT2D eigenvalue weighted by Gasteiger charge is -1.99. The highest BCUT2D eigenvalue weighted by atomic mass is 32.1. The second-order valence-corrected chi connectivity index (χ2v) is 4.69. The Kier molecular flexibility index (Phi) is 7.01. The van der Waals surface area contributed by atoms with Crippen molar-refractivity contribution in [3.63, 3.8) is 0 Å². The topological polar surface area (TPSA) is 87.0 Å². The van der Waals surface area contributed by atoms with Gasteiger partial charge in [0.1, 0.15) is 17.1 Å². The lowest BCUT2D eigenvalue weighted by atomic mass is 10.2. The highest BCUT2D eigenvalue weighted by Crippen LogP contribution is 2.32. The molecule has 0 saturated heterocycles. The summed E-state index contributed by atoms with van der Waals surface area (Å²) < 4.78 is 1.03. The van der Waals surface area contributed by atoms with Gasteiger partial charge in [0, 0.05) is 5.39 Å². The zero-order valence-corrected chi connectivity index (χ0v) is 13.7. The number of hydrogen-bond donors (Lipinski definition) is 2. The average molecular weight is 306 g/mol. The van der Waals surface area contributed by atoms with E-state index in [0.717, 1.165) is 26.1 Å². The van der Waals surface area contributed by atoms with Gasteiger partial charge in [-0.1, -0.05) is 45.9 Å². The number of rotatable bonds is 2. The third-order valence-electron chi connectivity index (χ3n) is 2.51. The molecule has 0 aliphatic heterocycles. The molecule has 6 heteroatoms. The van der Waals surface area contributed by atoms with Crippen molar-refractivity contribution in [2.45, 2.75) is 34.3 Å². The zero-order chi connectivity index (χ0) is 15.8. The van der Waals surface area contributed by atoms with Gasteiger partial charge in [0.25, 0.3) is 0 Å². The minimum absolute atomic E-state index is 0.285. The van der Waals surface area contributed by atoms with Crippen LogP contribution in [0.15, 0.2) is 24.3 Å². The quantitative estimate of drug-likeness (QED) is 0.702. The molecule has 0 fully saturated rings. The molecule has 114 valence electrons. The molecule has 0 spiro atoms. The number of nitrogens with zero attached hydrogens (tertiary/aromatic N) is 2. The summed E-state index contributed by atoms with van der Waals surface area (Å²) in [6.45, 7) is 8.28. The summed E-state index contributed by atoms with van der Waals surface area (Å²) in [6.07, 6.45) is 0. The lowest BCUT2D eigenvalue weighted by molar-refractivity contribution is 0.124. The summed E-state index contributed by atoms with van der Waals surface area (Å²) in [5, 5.41) is 1.85. The number of nitrogens with two attached hydrogens (primary N) is 2. The Morgan fingerprint density at radius 3 is 2.43 bits per heavy atom. The first kappa shape index (κ1) is 17.3. The molecule has 4 N–H and O–H groups in total. The van der Waals surface area contributed by atoms with Gasteiger partial charge in [-0.15, -0.1) is 11.3 Å². The van der Waals surface area contributed by atoms with Gasteiger partial charge in [-0.05, 0) is 6.07 Å². The van der Waals surface area contributed by atoms with Crippen LogP contribution in [0, 0.1) is 0 Å². The predicted molar refractivity (Wildman–Crippen MR) is 91.0 cm³/mol. The monoisotopic (exact) mass is 306 g/mol. The van der Waals surface area contributed by atoms with Crippen LogP contribution in [0.5, 0.6) is 0 Å². The van der Waals surface area contributed by atoms with Gasteiger partial charge in [-0.2, -0.15) is 0 Å². The first-order valence-electron chi connectivity index (χ1n) is 7.05. The minimum atomic E-state index is 0.285. The second-order valence-electron chi connectivity index (χ2n) is 3.61.